The first kappa shape index (κ1) is 23.1. The summed E-state index contributed by atoms with van der Waals surface area (Å²) >= 11 is 0. The first-order valence-electron chi connectivity index (χ1n) is 9.81. The van der Waals surface area contributed by atoms with Crippen LogP contribution >= 0.6 is 0 Å². The lowest BCUT2D eigenvalue weighted by Gasteiger charge is -2.20. The molecule has 0 bridgehead atoms. The van der Waals surface area contributed by atoms with Gasteiger partial charge in [-0.2, -0.15) is 4.31 Å². The van der Waals surface area contributed by atoms with Crippen LogP contribution in [0.5, 0.6) is 0 Å². The Morgan fingerprint density at radius 1 is 1.07 bits per heavy atom. The molecule has 0 aromatic heterocycles. The number of rotatable bonds is 9. The van der Waals surface area contributed by atoms with Crippen molar-refractivity contribution in [1.82, 2.24) is 4.31 Å². The number of amides is 1. The van der Waals surface area contributed by atoms with Crippen molar-refractivity contribution in [3.63, 3.8) is 0 Å². The maximum absolute atomic E-state index is 12.9. The van der Waals surface area contributed by atoms with E-state index < -0.39 is 10.0 Å². The van der Waals surface area contributed by atoms with Gasteiger partial charge in [-0.3, -0.25) is 4.79 Å². The van der Waals surface area contributed by atoms with Crippen LogP contribution in [-0.4, -0.2) is 37.8 Å². The van der Waals surface area contributed by atoms with Gasteiger partial charge in [0.25, 0.3) is 5.91 Å². The molecule has 2 aromatic rings. The average molecular weight is 419 g/mol. The lowest BCUT2D eigenvalue weighted by molar-refractivity contribution is 0.0657. The number of benzene rings is 2. The van der Waals surface area contributed by atoms with Gasteiger partial charge in [0.2, 0.25) is 10.0 Å². The fourth-order valence-electron chi connectivity index (χ4n) is 2.88. The Morgan fingerprint density at radius 2 is 1.69 bits per heavy atom. The summed E-state index contributed by atoms with van der Waals surface area (Å²) in [7, 11) is -3.61. The molecular weight excluding hydrogens is 388 g/mol. The quantitative estimate of drug-likeness (QED) is 0.662. The number of aryl methyl sites for hydroxylation is 1. The summed E-state index contributed by atoms with van der Waals surface area (Å²) in [4.78, 5) is 12.8. The standard InChI is InChI=1S/C22H30N2O4S/c1-6-24(7-2)29(26,27)21-14-20(13-8-17(21)5)23-22(25)19-11-9-18(10-12-19)15-28-16(3)4/h8-14,16H,6-7,15H2,1-5H3,(H,23,25). The zero-order valence-corrected chi connectivity index (χ0v) is 18.5. The van der Waals surface area contributed by atoms with Gasteiger partial charge in [-0.15, -0.1) is 0 Å². The van der Waals surface area contributed by atoms with Crippen molar-refractivity contribution >= 4 is 21.6 Å². The third kappa shape index (κ3) is 5.88. The van der Waals surface area contributed by atoms with E-state index in [1.165, 1.54) is 10.4 Å². The number of hydrogen-bond acceptors (Lipinski definition) is 4. The van der Waals surface area contributed by atoms with Crippen molar-refractivity contribution < 1.29 is 17.9 Å². The zero-order chi connectivity index (χ0) is 21.6. The minimum absolute atomic E-state index is 0.140. The van der Waals surface area contributed by atoms with Crippen LogP contribution in [-0.2, 0) is 21.4 Å². The molecule has 6 nitrogen and oxygen atoms in total. The minimum atomic E-state index is -3.61. The fraction of sp³-hybridized carbons (Fsp3) is 0.409. The number of nitrogens with zero attached hydrogens (tertiary/aromatic N) is 1. The number of ether oxygens (including phenoxy) is 1. The maximum Gasteiger partial charge on any atom is 0.255 e. The van der Waals surface area contributed by atoms with E-state index >= 15 is 0 Å². The van der Waals surface area contributed by atoms with E-state index in [4.69, 9.17) is 4.74 Å². The highest BCUT2D eigenvalue weighted by Crippen LogP contribution is 2.24. The number of carbonyl (C=O) groups excluding carboxylic acids is 1. The van der Waals surface area contributed by atoms with Gasteiger partial charge < -0.3 is 10.1 Å². The fourth-order valence-corrected chi connectivity index (χ4v) is 4.59. The Kier molecular flexibility index (Phi) is 7.96. The normalized spacial score (nSPS) is 11.8. The van der Waals surface area contributed by atoms with Crippen LogP contribution in [0, 0.1) is 6.92 Å². The molecule has 2 aromatic carbocycles. The van der Waals surface area contributed by atoms with Gasteiger partial charge in [0, 0.05) is 24.3 Å². The summed E-state index contributed by atoms with van der Waals surface area (Å²) < 4.78 is 32.7. The van der Waals surface area contributed by atoms with Crippen molar-refractivity contribution in [1.29, 1.82) is 0 Å². The van der Waals surface area contributed by atoms with Crippen LogP contribution in [0.15, 0.2) is 47.4 Å². The molecule has 1 N–H and O–H groups in total. The molecule has 0 aliphatic heterocycles. The van der Waals surface area contributed by atoms with E-state index in [0.717, 1.165) is 5.56 Å². The van der Waals surface area contributed by atoms with Crippen molar-refractivity contribution in [2.45, 2.75) is 52.2 Å². The van der Waals surface area contributed by atoms with Gasteiger partial charge in [-0.05, 0) is 56.2 Å². The topological polar surface area (TPSA) is 75.7 Å². The zero-order valence-electron chi connectivity index (χ0n) is 17.7. The minimum Gasteiger partial charge on any atom is -0.374 e. The van der Waals surface area contributed by atoms with Gasteiger partial charge in [0.1, 0.15) is 0 Å². The summed E-state index contributed by atoms with van der Waals surface area (Å²) in [5, 5.41) is 2.79. The summed E-state index contributed by atoms with van der Waals surface area (Å²) in [5.74, 6) is -0.295. The highest BCUT2D eigenvalue weighted by molar-refractivity contribution is 7.89. The Bertz CT molecular complexity index is 934. The highest BCUT2D eigenvalue weighted by atomic mass is 32.2. The average Bonchev–Trinajstić information content (AvgIpc) is 2.68. The molecule has 0 heterocycles. The summed E-state index contributed by atoms with van der Waals surface area (Å²) in [6.07, 6.45) is 0.140. The van der Waals surface area contributed by atoms with Gasteiger partial charge in [-0.1, -0.05) is 32.0 Å². The van der Waals surface area contributed by atoms with E-state index in [1.807, 2.05) is 26.0 Å². The molecular formula is C22H30N2O4S. The second kappa shape index (κ2) is 10.0. The first-order chi connectivity index (χ1) is 13.7. The van der Waals surface area contributed by atoms with Crippen LogP contribution in [0.1, 0.15) is 49.2 Å². The van der Waals surface area contributed by atoms with Crippen LogP contribution in [0.3, 0.4) is 0 Å². The molecule has 2 rings (SSSR count). The molecule has 0 aliphatic carbocycles. The number of sulfonamides is 1. The van der Waals surface area contributed by atoms with E-state index in [9.17, 15) is 13.2 Å². The second-order valence-electron chi connectivity index (χ2n) is 7.08. The molecule has 0 radical (unpaired) electrons. The third-order valence-corrected chi connectivity index (χ3v) is 6.76. The monoisotopic (exact) mass is 418 g/mol. The number of nitrogens with one attached hydrogen (secondary N) is 1. The van der Waals surface area contributed by atoms with Gasteiger partial charge in [-0.25, -0.2) is 8.42 Å². The van der Waals surface area contributed by atoms with Gasteiger partial charge in [0.05, 0.1) is 17.6 Å². The molecule has 0 saturated carbocycles. The molecule has 0 atom stereocenters. The molecule has 0 unspecified atom stereocenters. The molecule has 1 amide bonds. The first-order valence-corrected chi connectivity index (χ1v) is 11.3. The maximum atomic E-state index is 12.9. The van der Waals surface area contributed by atoms with Crippen molar-refractivity contribution in [2.24, 2.45) is 0 Å². The molecule has 158 valence electrons. The van der Waals surface area contributed by atoms with Gasteiger partial charge in [0.15, 0.2) is 0 Å². The largest absolute Gasteiger partial charge is 0.374 e. The highest BCUT2D eigenvalue weighted by Gasteiger charge is 2.24. The molecule has 0 saturated heterocycles. The van der Waals surface area contributed by atoms with E-state index in [0.29, 0.717) is 36.5 Å². The molecule has 0 spiro atoms. The molecule has 0 aliphatic rings. The Morgan fingerprint density at radius 3 is 2.24 bits per heavy atom. The SMILES string of the molecule is CCN(CC)S(=O)(=O)c1cc(NC(=O)c2ccc(COC(C)C)cc2)ccc1C. The Labute approximate surface area is 173 Å². The Hall–Kier alpha value is -2.22. The smallest absolute Gasteiger partial charge is 0.255 e. The van der Waals surface area contributed by atoms with E-state index in [-0.39, 0.29) is 16.9 Å². The summed E-state index contributed by atoms with van der Waals surface area (Å²) in [6, 6.07) is 12.1. The van der Waals surface area contributed by atoms with Crippen molar-refractivity contribution in [2.75, 3.05) is 18.4 Å². The van der Waals surface area contributed by atoms with Crippen LogP contribution in [0.2, 0.25) is 0 Å². The summed E-state index contributed by atoms with van der Waals surface area (Å²) in [6.45, 7) is 10.6. The summed E-state index contributed by atoms with van der Waals surface area (Å²) in [5.41, 5.74) is 2.56. The van der Waals surface area contributed by atoms with Crippen LogP contribution in [0.4, 0.5) is 5.69 Å². The number of hydrogen-bond donors (Lipinski definition) is 1. The lowest BCUT2D eigenvalue weighted by atomic mass is 10.1. The molecule has 29 heavy (non-hydrogen) atoms. The predicted molar refractivity (Wildman–Crippen MR) is 116 cm³/mol. The molecule has 7 heteroatoms. The van der Waals surface area contributed by atoms with Crippen molar-refractivity contribution in [3.8, 4) is 0 Å². The Balaban J connectivity index is 2.19. The van der Waals surface area contributed by atoms with E-state index in [2.05, 4.69) is 5.32 Å². The van der Waals surface area contributed by atoms with E-state index in [1.54, 1.807) is 45.0 Å². The molecule has 0 fully saturated rings. The predicted octanol–water partition coefficient (Wildman–Crippen LogP) is 4.20. The van der Waals surface area contributed by atoms with Gasteiger partial charge >= 0.3 is 0 Å². The third-order valence-electron chi connectivity index (χ3n) is 4.57. The lowest BCUT2D eigenvalue weighted by Crippen LogP contribution is -2.31. The number of anilines is 1. The van der Waals surface area contributed by atoms with Crippen LogP contribution < -0.4 is 5.32 Å². The second-order valence-corrected chi connectivity index (χ2v) is 8.99. The van der Waals surface area contributed by atoms with Crippen molar-refractivity contribution in [3.05, 3.63) is 59.2 Å². The number of carbonyl (C=O) groups is 1. The van der Waals surface area contributed by atoms with Crippen LogP contribution in [0.25, 0.3) is 0 Å².